The molecular formula is C9H13F2NO. The zero-order valence-electron chi connectivity index (χ0n) is 7.41. The summed E-state index contributed by atoms with van der Waals surface area (Å²) in [6.07, 6.45) is 2.55. The van der Waals surface area contributed by atoms with Crippen LogP contribution in [0.2, 0.25) is 0 Å². The average molecular weight is 189 g/mol. The molecule has 1 saturated heterocycles. The van der Waals surface area contributed by atoms with E-state index < -0.39 is 23.8 Å². The minimum Gasteiger partial charge on any atom is -0.350 e. The zero-order valence-corrected chi connectivity index (χ0v) is 7.41. The fourth-order valence-electron chi connectivity index (χ4n) is 2.53. The third kappa shape index (κ3) is 1.67. The summed E-state index contributed by atoms with van der Waals surface area (Å²) in [6.45, 7) is 0. The quantitative estimate of drug-likeness (QED) is 0.619. The van der Waals surface area contributed by atoms with E-state index in [1.807, 2.05) is 0 Å². The second-order valence-electron chi connectivity index (χ2n) is 4.25. The topological polar surface area (TPSA) is 29.1 Å². The number of alkyl halides is 2. The lowest BCUT2D eigenvalue weighted by Gasteiger charge is -2.38. The number of carbonyl (C=O) groups excluding carboxylic acids is 1. The van der Waals surface area contributed by atoms with Crippen molar-refractivity contribution in [2.24, 2.45) is 0 Å². The highest BCUT2D eigenvalue weighted by atomic mass is 19.3. The maximum Gasteiger partial charge on any atom is 0.259 e. The number of piperidine rings is 1. The average Bonchev–Trinajstić information content (AvgIpc) is 2.31. The van der Waals surface area contributed by atoms with Crippen molar-refractivity contribution in [3.63, 3.8) is 0 Å². The maximum absolute atomic E-state index is 13.1. The van der Waals surface area contributed by atoms with Crippen molar-refractivity contribution < 1.29 is 13.6 Å². The van der Waals surface area contributed by atoms with E-state index in [-0.39, 0.29) is 6.42 Å². The van der Waals surface area contributed by atoms with Gasteiger partial charge in [-0.3, -0.25) is 4.79 Å². The van der Waals surface area contributed by atoms with Crippen molar-refractivity contribution in [2.45, 2.75) is 50.0 Å². The SMILES string of the molecule is O=C1CC(F)(F)CC2(CCCC2)N1. The summed E-state index contributed by atoms with van der Waals surface area (Å²) < 4.78 is 26.2. The van der Waals surface area contributed by atoms with Crippen LogP contribution in [0.1, 0.15) is 38.5 Å². The molecule has 74 valence electrons. The Morgan fingerprint density at radius 3 is 2.38 bits per heavy atom. The number of carbonyl (C=O) groups is 1. The Bertz CT molecular complexity index is 234. The van der Waals surface area contributed by atoms with Crippen LogP contribution < -0.4 is 5.32 Å². The third-order valence-electron chi connectivity index (χ3n) is 2.98. The minimum absolute atomic E-state index is 0.161. The van der Waals surface area contributed by atoms with E-state index >= 15 is 0 Å². The van der Waals surface area contributed by atoms with Gasteiger partial charge in [0.15, 0.2) is 0 Å². The molecule has 0 aromatic carbocycles. The molecule has 1 saturated carbocycles. The van der Waals surface area contributed by atoms with Gasteiger partial charge >= 0.3 is 0 Å². The van der Waals surface area contributed by atoms with Crippen LogP contribution in [0.3, 0.4) is 0 Å². The predicted octanol–water partition coefficient (Wildman–Crippen LogP) is 1.84. The molecule has 0 aromatic rings. The highest BCUT2D eigenvalue weighted by Gasteiger charge is 2.49. The van der Waals surface area contributed by atoms with Gasteiger partial charge in [0.25, 0.3) is 5.92 Å². The Labute approximate surface area is 75.7 Å². The van der Waals surface area contributed by atoms with Gasteiger partial charge < -0.3 is 5.32 Å². The first-order chi connectivity index (χ1) is 6.02. The lowest BCUT2D eigenvalue weighted by Crippen LogP contribution is -2.55. The smallest absolute Gasteiger partial charge is 0.259 e. The standard InChI is InChI=1S/C9H13F2NO/c10-9(11)5-7(13)12-8(6-9)3-1-2-4-8/h1-6H2,(H,12,13). The fourth-order valence-corrected chi connectivity index (χ4v) is 2.53. The first-order valence-corrected chi connectivity index (χ1v) is 4.70. The number of hydrogen-bond donors (Lipinski definition) is 1. The van der Waals surface area contributed by atoms with E-state index in [2.05, 4.69) is 5.32 Å². The van der Waals surface area contributed by atoms with E-state index in [9.17, 15) is 13.6 Å². The first kappa shape index (κ1) is 8.91. The van der Waals surface area contributed by atoms with Gasteiger partial charge in [0.05, 0.1) is 6.42 Å². The maximum atomic E-state index is 13.1. The molecule has 1 spiro atoms. The molecule has 1 aliphatic heterocycles. The van der Waals surface area contributed by atoms with E-state index in [0.717, 1.165) is 12.8 Å². The molecule has 13 heavy (non-hydrogen) atoms. The van der Waals surface area contributed by atoms with Crippen LogP contribution in [0, 0.1) is 0 Å². The van der Waals surface area contributed by atoms with Gasteiger partial charge in [-0.15, -0.1) is 0 Å². The van der Waals surface area contributed by atoms with Crippen molar-refractivity contribution in [3.05, 3.63) is 0 Å². The second kappa shape index (κ2) is 2.66. The molecule has 0 radical (unpaired) electrons. The highest BCUT2D eigenvalue weighted by molar-refractivity contribution is 5.78. The number of halogens is 2. The van der Waals surface area contributed by atoms with Crippen molar-refractivity contribution in [3.8, 4) is 0 Å². The van der Waals surface area contributed by atoms with Gasteiger partial charge in [-0.25, -0.2) is 8.78 Å². The molecule has 1 aliphatic carbocycles. The minimum atomic E-state index is -2.79. The van der Waals surface area contributed by atoms with Gasteiger partial charge in [-0.05, 0) is 12.8 Å². The number of amides is 1. The van der Waals surface area contributed by atoms with Crippen molar-refractivity contribution >= 4 is 5.91 Å². The van der Waals surface area contributed by atoms with Crippen LogP contribution in [-0.4, -0.2) is 17.4 Å². The molecule has 2 fully saturated rings. The van der Waals surface area contributed by atoms with Crippen LogP contribution in [0.5, 0.6) is 0 Å². The molecule has 2 nitrogen and oxygen atoms in total. The van der Waals surface area contributed by atoms with E-state index in [0.29, 0.717) is 12.8 Å². The molecule has 0 unspecified atom stereocenters. The van der Waals surface area contributed by atoms with Crippen LogP contribution in [-0.2, 0) is 4.79 Å². The normalized spacial score (nSPS) is 30.5. The number of nitrogens with one attached hydrogen (secondary N) is 1. The summed E-state index contributed by atoms with van der Waals surface area (Å²) in [7, 11) is 0. The highest BCUT2D eigenvalue weighted by Crippen LogP contribution is 2.42. The van der Waals surface area contributed by atoms with Crippen LogP contribution in [0.15, 0.2) is 0 Å². The van der Waals surface area contributed by atoms with Gasteiger partial charge in [0, 0.05) is 12.0 Å². The van der Waals surface area contributed by atoms with Crippen molar-refractivity contribution in [1.29, 1.82) is 0 Å². The molecule has 0 aromatic heterocycles. The molecule has 4 heteroatoms. The summed E-state index contributed by atoms with van der Waals surface area (Å²) in [6, 6.07) is 0. The molecule has 1 heterocycles. The molecule has 0 bridgehead atoms. The van der Waals surface area contributed by atoms with Gasteiger partial charge in [0.1, 0.15) is 0 Å². The fraction of sp³-hybridized carbons (Fsp3) is 0.889. The van der Waals surface area contributed by atoms with Crippen LogP contribution >= 0.6 is 0 Å². The molecule has 1 N–H and O–H groups in total. The van der Waals surface area contributed by atoms with Gasteiger partial charge in [-0.1, -0.05) is 12.8 Å². The lowest BCUT2D eigenvalue weighted by atomic mass is 9.85. The van der Waals surface area contributed by atoms with Gasteiger partial charge in [-0.2, -0.15) is 0 Å². The summed E-state index contributed by atoms with van der Waals surface area (Å²) in [5, 5.41) is 2.73. The summed E-state index contributed by atoms with van der Waals surface area (Å²) in [5.41, 5.74) is -0.571. The molecule has 1 amide bonds. The lowest BCUT2D eigenvalue weighted by molar-refractivity contribution is -0.140. The van der Waals surface area contributed by atoms with Crippen LogP contribution in [0.4, 0.5) is 8.78 Å². The molecule has 0 atom stereocenters. The van der Waals surface area contributed by atoms with Gasteiger partial charge in [0.2, 0.25) is 5.91 Å². The van der Waals surface area contributed by atoms with Crippen molar-refractivity contribution in [2.75, 3.05) is 0 Å². The first-order valence-electron chi connectivity index (χ1n) is 4.70. The van der Waals surface area contributed by atoms with E-state index in [4.69, 9.17) is 0 Å². The number of hydrogen-bond acceptors (Lipinski definition) is 1. The Morgan fingerprint density at radius 2 is 1.85 bits per heavy atom. The third-order valence-corrected chi connectivity index (χ3v) is 2.98. The Kier molecular flexibility index (Phi) is 1.82. The number of rotatable bonds is 0. The molecular weight excluding hydrogens is 176 g/mol. The van der Waals surface area contributed by atoms with Crippen molar-refractivity contribution in [1.82, 2.24) is 5.32 Å². The summed E-state index contributed by atoms with van der Waals surface area (Å²) >= 11 is 0. The zero-order chi connectivity index (χ0) is 9.53. The van der Waals surface area contributed by atoms with E-state index in [1.165, 1.54) is 0 Å². The Hall–Kier alpha value is -0.670. The largest absolute Gasteiger partial charge is 0.350 e. The second-order valence-corrected chi connectivity index (χ2v) is 4.25. The summed E-state index contributed by atoms with van der Waals surface area (Å²) in [4.78, 5) is 11.0. The monoisotopic (exact) mass is 189 g/mol. The van der Waals surface area contributed by atoms with E-state index in [1.54, 1.807) is 0 Å². The Balaban J connectivity index is 2.17. The molecule has 2 rings (SSSR count). The molecule has 2 aliphatic rings. The van der Waals surface area contributed by atoms with Crippen LogP contribution in [0.25, 0.3) is 0 Å². The predicted molar refractivity (Wildman–Crippen MR) is 43.5 cm³/mol. The Morgan fingerprint density at radius 1 is 1.23 bits per heavy atom. The summed E-state index contributed by atoms with van der Waals surface area (Å²) in [5.74, 6) is -3.27.